The van der Waals surface area contributed by atoms with Crippen molar-refractivity contribution in [2.24, 2.45) is 5.92 Å². The lowest BCUT2D eigenvalue weighted by atomic mass is 9.99. The van der Waals surface area contributed by atoms with Gasteiger partial charge in [-0.15, -0.1) is 0 Å². The van der Waals surface area contributed by atoms with E-state index in [1.807, 2.05) is 32.9 Å². The first kappa shape index (κ1) is 21.9. The van der Waals surface area contributed by atoms with Crippen molar-refractivity contribution in [1.29, 1.82) is 5.26 Å². The Morgan fingerprint density at radius 1 is 1.17 bits per heavy atom. The highest BCUT2D eigenvalue weighted by Crippen LogP contribution is 2.22. The van der Waals surface area contributed by atoms with Gasteiger partial charge in [-0.2, -0.15) is 5.26 Å². The first-order valence-electron chi connectivity index (χ1n) is 9.47. The third-order valence-corrected chi connectivity index (χ3v) is 4.83. The number of nitrogens with one attached hydrogen (secondary N) is 3. The molecule has 0 aliphatic carbocycles. The predicted molar refractivity (Wildman–Crippen MR) is 113 cm³/mol. The zero-order valence-corrected chi connectivity index (χ0v) is 17.4. The van der Waals surface area contributed by atoms with Crippen LogP contribution in [-0.2, 0) is 16.0 Å². The lowest BCUT2D eigenvalue weighted by molar-refractivity contribution is -0.119. The van der Waals surface area contributed by atoms with E-state index in [1.54, 1.807) is 26.0 Å². The summed E-state index contributed by atoms with van der Waals surface area (Å²) in [5, 5.41) is 14.9. The second-order valence-corrected chi connectivity index (χ2v) is 7.39. The molecule has 1 aromatic carbocycles. The Bertz CT molecular complexity index is 1050. The molecule has 0 fully saturated rings. The SMILES string of the molecule is Cc1ccc(NC(=O)C(C)C)cc1NC(=O)CCc1c(C)[nH]c(=O)c(C#N)c1C. The number of anilines is 2. The topological polar surface area (TPSA) is 115 Å². The molecule has 0 unspecified atom stereocenters. The van der Waals surface area contributed by atoms with E-state index in [0.717, 1.165) is 11.1 Å². The van der Waals surface area contributed by atoms with E-state index in [9.17, 15) is 14.4 Å². The number of pyridine rings is 1. The lowest BCUT2D eigenvalue weighted by Gasteiger charge is -2.14. The van der Waals surface area contributed by atoms with Crippen LogP contribution in [0.1, 0.15) is 48.2 Å². The fourth-order valence-corrected chi connectivity index (χ4v) is 2.99. The Kier molecular flexibility index (Phi) is 6.94. The van der Waals surface area contributed by atoms with Crippen LogP contribution < -0.4 is 16.2 Å². The van der Waals surface area contributed by atoms with Gasteiger partial charge < -0.3 is 15.6 Å². The zero-order chi connectivity index (χ0) is 21.7. The molecule has 2 amide bonds. The number of hydrogen-bond acceptors (Lipinski definition) is 4. The summed E-state index contributed by atoms with van der Waals surface area (Å²) < 4.78 is 0. The van der Waals surface area contributed by atoms with E-state index in [0.29, 0.717) is 29.1 Å². The van der Waals surface area contributed by atoms with Gasteiger partial charge in [-0.1, -0.05) is 19.9 Å². The molecule has 0 aliphatic rings. The third kappa shape index (κ3) is 5.32. The Morgan fingerprint density at radius 3 is 2.48 bits per heavy atom. The first-order chi connectivity index (χ1) is 13.6. The maximum atomic E-state index is 12.5. The largest absolute Gasteiger partial charge is 0.326 e. The molecule has 7 nitrogen and oxygen atoms in total. The average Bonchev–Trinajstić information content (AvgIpc) is 2.64. The molecule has 1 heterocycles. The van der Waals surface area contributed by atoms with Crippen LogP contribution in [0.3, 0.4) is 0 Å². The van der Waals surface area contributed by atoms with E-state index in [1.165, 1.54) is 0 Å². The molecule has 1 aromatic heterocycles. The highest BCUT2D eigenvalue weighted by Gasteiger charge is 2.14. The van der Waals surface area contributed by atoms with Gasteiger partial charge >= 0.3 is 0 Å². The maximum absolute atomic E-state index is 12.5. The van der Waals surface area contributed by atoms with Crippen LogP contribution in [0.15, 0.2) is 23.0 Å². The van der Waals surface area contributed by atoms with Crippen molar-refractivity contribution < 1.29 is 9.59 Å². The number of aromatic amines is 1. The van der Waals surface area contributed by atoms with Crippen LogP contribution in [0.25, 0.3) is 0 Å². The second-order valence-electron chi connectivity index (χ2n) is 7.39. The molecule has 0 spiro atoms. The summed E-state index contributed by atoms with van der Waals surface area (Å²) in [5.41, 5.74) is 3.86. The van der Waals surface area contributed by atoms with Crippen molar-refractivity contribution in [2.75, 3.05) is 10.6 Å². The van der Waals surface area contributed by atoms with Gasteiger partial charge in [-0.05, 0) is 56.0 Å². The summed E-state index contributed by atoms with van der Waals surface area (Å²) in [6.07, 6.45) is 0.596. The number of rotatable bonds is 6. The number of nitriles is 1. The molecule has 2 rings (SSSR count). The van der Waals surface area contributed by atoms with Gasteiger partial charge in [0.1, 0.15) is 11.6 Å². The molecule has 0 bridgehead atoms. The monoisotopic (exact) mass is 394 g/mol. The van der Waals surface area contributed by atoms with Gasteiger partial charge in [0.2, 0.25) is 11.8 Å². The summed E-state index contributed by atoms with van der Waals surface area (Å²) in [6.45, 7) is 8.97. The van der Waals surface area contributed by atoms with Crippen molar-refractivity contribution in [2.45, 2.75) is 47.5 Å². The van der Waals surface area contributed by atoms with Crippen LogP contribution in [0.5, 0.6) is 0 Å². The summed E-state index contributed by atoms with van der Waals surface area (Å²) in [4.78, 5) is 38.9. The van der Waals surface area contributed by atoms with Gasteiger partial charge in [0, 0.05) is 29.4 Å². The van der Waals surface area contributed by atoms with Crippen LogP contribution in [-0.4, -0.2) is 16.8 Å². The van der Waals surface area contributed by atoms with Crippen LogP contribution in [0, 0.1) is 38.0 Å². The fraction of sp³-hybridized carbons (Fsp3) is 0.364. The maximum Gasteiger partial charge on any atom is 0.266 e. The van der Waals surface area contributed by atoms with Crippen LogP contribution >= 0.6 is 0 Å². The number of nitrogens with zero attached hydrogens (tertiary/aromatic N) is 1. The molecule has 3 N–H and O–H groups in total. The summed E-state index contributed by atoms with van der Waals surface area (Å²) >= 11 is 0. The number of aromatic nitrogens is 1. The quantitative estimate of drug-likeness (QED) is 0.697. The van der Waals surface area contributed by atoms with E-state index in [4.69, 9.17) is 5.26 Å². The molecule has 2 aromatic rings. The van der Waals surface area contributed by atoms with Gasteiger partial charge in [-0.25, -0.2) is 0 Å². The van der Waals surface area contributed by atoms with Gasteiger partial charge in [0.05, 0.1) is 0 Å². The minimum Gasteiger partial charge on any atom is -0.326 e. The zero-order valence-electron chi connectivity index (χ0n) is 17.4. The second kappa shape index (κ2) is 9.20. The predicted octanol–water partition coefficient (Wildman–Crippen LogP) is 3.34. The number of H-pyrrole nitrogens is 1. The highest BCUT2D eigenvalue weighted by atomic mass is 16.2. The Hall–Kier alpha value is -3.40. The molecule has 29 heavy (non-hydrogen) atoms. The average molecular weight is 394 g/mol. The number of aryl methyl sites for hydroxylation is 2. The van der Waals surface area contributed by atoms with Crippen molar-refractivity contribution in [1.82, 2.24) is 4.98 Å². The number of hydrogen-bond donors (Lipinski definition) is 3. The number of carbonyl (C=O) groups excluding carboxylic acids is 2. The Balaban J connectivity index is 2.12. The van der Waals surface area contributed by atoms with Crippen molar-refractivity contribution in [3.63, 3.8) is 0 Å². The van der Waals surface area contributed by atoms with Crippen LogP contribution in [0.2, 0.25) is 0 Å². The Morgan fingerprint density at radius 2 is 1.86 bits per heavy atom. The summed E-state index contributed by atoms with van der Waals surface area (Å²) in [6, 6.07) is 7.28. The van der Waals surface area contributed by atoms with E-state index in [2.05, 4.69) is 15.6 Å². The molecule has 7 heteroatoms. The highest BCUT2D eigenvalue weighted by molar-refractivity contribution is 5.95. The smallest absolute Gasteiger partial charge is 0.266 e. The molecule has 0 radical (unpaired) electrons. The molecular formula is C22H26N4O3. The summed E-state index contributed by atoms with van der Waals surface area (Å²) in [7, 11) is 0. The van der Waals surface area contributed by atoms with E-state index >= 15 is 0 Å². The van der Waals surface area contributed by atoms with Crippen molar-refractivity contribution in [3.8, 4) is 6.07 Å². The minimum absolute atomic E-state index is 0.0791. The normalized spacial score (nSPS) is 10.5. The Labute approximate surface area is 170 Å². The molecule has 0 atom stereocenters. The molecule has 152 valence electrons. The van der Waals surface area contributed by atoms with Crippen molar-refractivity contribution in [3.05, 3.63) is 56.5 Å². The molecule has 0 saturated carbocycles. The number of benzene rings is 1. The first-order valence-corrected chi connectivity index (χ1v) is 9.47. The lowest BCUT2D eigenvalue weighted by Crippen LogP contribution is -2.19. The number of carbonyl (C=O) groups is 2. The van der Waals surface area contributed by atoms with E-state index < -0.39 is 5.56 Å². The third-order valence-electron chi connectivity index (χ3n) is 4.83. The molecule has 0 aliphatic heterocycles. The van der Waals surface area contributed by atoms with Crippen LogP contribution in [0.4, 0.5) is 11.4 Å². The minimum atomic E-state index is -0.411. The number of amides is 2. The van der Waals surface area contributed by atoms with Crippen molar-refractivity contribution >= 4 is 23.2 Å². The standard InChI is InChI=1S/C22H26N4O3/c1-12(2)21(28)25-16-7-6-13(3)19(10-16)26-20(27)9-8-17-14(4)18(11-23)22(29)24-15(17)5/h6-7,10,12H,8-9H2,1-5H3,(H,24,29)(H,25,28)(H,26,27). The van der Waals surface area contributed by atoms with Gasteiger partial charge in [0.25, 0.3) is 5.56 Å². The van der Waals surface area contributed by atoms with Gasteiger partial charge in [0.15, 0.2) is 0 Å². The molecular weight excluding hydrogens is 368 g/mol. The fourth-order valence-electron chi connectivity index (χ4n) is 2.99. The van der Waals surface area contributed by atoms with E-state index in [-0.39, 0.29) is 29.7 Å². The van der Waals surface area contributed by atoms with Gasteiger partial charge in [-0.3, -0.25) is 14.4 Å². The molecule has 0 saturated heterocycles. The summed E-state index contributed by atoms with van der Waals surface area (Å²) in [5.74, 6) is -0.427.